The molecule has 1 aromatic carbocycles. The normalized spacial score (nSPS) is 13.5. The van der Waals surface area contributed by atoms with Crippen LogP contribution in [-0.4, -0.2) is 18.6 Å². The summed E-state index contributed by atoms with van der Waals surface area (Å²) in [6.45, 7) is 5.85. The van der Waals surface area contributed by atoms with E-state index in [1.807, 2.05) is 6.07 Å². The van der Waals surface area contributed by atoms with Crippen molar-refractivity contribution in [3.05, 3.63) is 40.6 Å². The van der Waals surface area contributed by atoms with Gasteiger partial charge in [-0.2, -0.15) is 5.26 Å². The Morgan fingerprint density at radius 1 is 1.38 bits per heavy atom. The summed E-state index contributed by atoms with van der Waals surface area (Å²) in [5.74, 6) is 1.42. The Hall–Kier alpha value is -2.58. The van der Waals surface area contributed by atoms with Crippen molar-refractivity contribution in [1.29, 1.82) is 5.26 Å². The maximum atomic E-state index is 9.67. The Kier molecular flexibility index (Phi) is 4.41. The highest BCUT2D eigenvalue weighted by atomic mass is 16.5. The minimum Gasteiger partial charge on any atom is -0.496 e. The Morgan fingerprint density at radius 3 is 2.83 bits per heavy atom. The summed E-state index contributed by atoms with van der Waals surface area (Å²) in [5.41, 5.74) is 11.5. The number of pyridine rings is 1. The van der Waals surface area contributed by atoms with Gasteiger partial charge in [-0.3, -0.25) is 0 Å². The third-order valence-corrected chi connectivity index (χ3v) is 4.52. The number of aromatic nitrogens is 1. The molecule has 124 valence electrons. The van der Waals surface area contributed by atoms with Crippen molar-refractivity contribution in [3.63, 3.8) is 0 Å². The molecule has 3 N–H and O–H groups in total. The lowest BCUT2D eigenvalue weighted by atomic mass is 9.89. The van der Waals surface area contributed by atoms with Crippen molar-refractivity contribution in [1.82, 2.24) is 10.3 Å². The average Bonchev–Trinajstić information content (AvgIpc) is 2.59. The second-order valence-corrected chi connectivity index (χ2v) is 6.33. The summed E-state index contributed by atoms with van der Waals surface area (Å²) in [5, 5.41) is 13.0. The third-order valence-electron chi connectivity index (χ3n) is 4.52. The van der Waals surface area contributed by atoms with Crippen LogP contribution in [0.25, 0.3) is 11.1 Å². The second-order valence-electron chi connectivity index (χ2n) is 6.33. The van der Waals surface area contributed by atoms with Crippen LogP contribution in [0.2, 0.25) is 0 Å². The van der Waals surface area contributed by atoms with Gasteiger partial charge in [0.1, 0.15) is 23.2 Å². The maximum Gasteiger partial charge on any atom is 0.142 e. The van der Waals surface area contributed by atoms with Gasteiger partial charge in [-0.15, -0.1) is 0 Å². The predicted octanol–water partition coefficient (Wildman–Crippen LogP) is 2.98. The highest BCUT2D eigenvalue weighted by molar-refractivity contribution is 5.83. The molecule has 2 heterocycles. The molecular formula is C19H22N4O. The fourth-order valence-electron chi connectivity index (χ4n) is 3.20. The van der Waals surface area contributed by atoms with E-state index >= 15 is 0 Å². The lowest BCUT2D eigenvalue weighted by Gasteiger charge is -2.23. The van der Waals surface area contributed by atoms with Gasteiger partial charge < -0.3 is 15.8 Å². The first-order valence-electron chi connectivity index (χ1n) is 8.17. The van der Waals surface area contributed by atoms with Gasteiger partial charge in [0.05, 0.1) is 7.11 Å². The standard InChI is InChI=1S/C19H22N4O/c1-11(2)12-4-5-17(24-3)13(8-12)18-14(9-20)19(21)23-16-6-7-22-10-15(16)18/h4-5,8,11,22H,6-7,10H2,1-3H3,(H2,21,23). The molecule has 0 bridgehead atoms. The predicted molar refractivity (Wildman–Crippen MR) is 94.9 cm³/mol. The number of anilines is 1. The topological polar surface area (TPSA) is 84.0 Å². The minimum atomic E-state index is 0.296. The molecule has 1 aliphatic heterocycles. The van der Waals surface area contributed by atoms with Crippen molar-refractivity contribution >= 4 is 5.82 Å². The molecular weight excluding hydrogens is 300 g/mol. The van der Waals surface area contributed by atoms with E-state index < -0.39 is 0 Å². The van der Waals surface area contributed by atoms with Gasteiger partial charge >= 0.3 is 0 Å². The first-order chi connectivity index (χ1) is 11.6. The van der Waals surface area contributed by atoms with Crippen molar-refractivity contribution in [2.75, 3.05) is 19.4 Å². The number of hydrogen-bond acceptors (Lipinski definition) is 5. The fraction of sp³-hybridized carbons (Fsp3) is 0.368. The number of methoxy groups -OCH3 is 1. The van der Waals surface area contributed by atoms with Gasteiger partial charge in [0, 0.05) is 36.3 Å². The molecule has 0 saturated heterocycles. The first-order valence-corrected chi connectivity index (χ1v) is 8.17. The number of nitrogens with zero attached hydrogens (tertiary/aromatic N) is 2. The van der Waals surface area contributed by atoms with E-state index in [1.54, 1.807) is 7.11 Å². The van der Waals surface area contributed by atoms with Crippen LogP contribution in [0.5, 0.6) is 5.75 Å². The minimum absolute atomic E-state index is 0.296. The molecule has 1 aromatic heterocycles. The van der Waals surface area contributed by atoms with Gasteiger partial charge in [-0.1, -0.05) is 19.9 Å². The summed E-state index contributed by atoms with van der Waals surface area (Å²) in [6.07, 6.45) is 0.810. The summed E-state index contributed by atoms with van der Waals surface area (Å²) in [7, 11) is 1.65. The van der Waals surface area contributed by atoms with Crippen molar-refractivity contribution in [2.24, 2.45) is 0 Å². The van der Waals surface area contributed by atoms with Crippen molar-refractivity contribution < 1.29 is 4.74 Å². The Balaban J connectivity index is 2.35. The van der Waals surface area contributed by atoms with Gasteiger partial charge in [-0.05, 0) is 29.2 Å². The lowest BCUT2D eigenvalue weighted by Crippen LogP contribution is -2.26. The number of nitrogens with two attached hydrogens (primary N) is 1. The molecule has 5 heteroatoms. The molecule has 0 atom stereocenters. The molecule has 1 aliphatic rings. The summed E-state index contributed by atoms with van der Waals surface area (Å²) < 4.78 is 5.57. The van der Waals surface area contributed by atoms with Crippen LogP contribution in [0, 0.1) is 11.3 Å². The Morgan fingerprint density at radius 2 is 2.17 bits per heavy atom. The molecule has 5 nitrogen and oxygen atoms in total. The smallest absolute Gasteiger partial charge is 0.142 e. The largest absolute Gasteiger partial charge is 0.496 e. The zero-order valence-electron chi connectivity index (χ0n) is 14.3. The number of ether oxygens (including phenoxy) is 1. The third kappa shape index (κ3) is 2.70. The molecule has 0 amide bonds. The van der Waals surface area contributed by atoms with Crippen molar-refractivity contribution in [2.45, 2.75) is 32.7 Å². The van der Waals surface area contributed by atoms with Crippen LogP contribution < -0.4 is 15.8 Å². The number of benzene rings is 1. The average molecular weight is 322 g/mol. The number of nitriles is 1. The van der Waals surface area contributed by atoms with E-state index in [9.17, 15) is 5.26 Å². The molecule has 0 fully saturated rings. The summed E-state index contributed by atoms with van der Waals surface area (Å²) >= 11 is 0. The van der Waals surface area contributed by atoms with E-state index in [0.717, 1.165) is 41.1 Å². The first kappa shape index (κ1) is 16.3. The fourth-order valence-corrected chi connectivity index (χ4v) is 3.20. The van der Waals surface area contributed by atoms with E-state index in [2.05, 4.69) is 42.4 Å². The second kappa shape index (κ2) is 6.50. The van der Waals surface area contributed by atoms with Crippen LogP contribution in [0.4, 0.5) is 5.82 Å². The Bertz CT molecular complexity index is 821. The summed E-state index contributed by atoms with van der Waals surface area (Å²) in [4.78, 5) is 4.46. The van der Waals surface area contributed by atoms with E-state index in [0.29, 0.717) is 23.8 Å². The zero-order chi connectivity index (χ0) is 17.3. The molecule has 0 saturated carbocycles. The quantitative estimate of drug-likeness (QED) is 0.907. The van der Waals surface area contributed by atoms with Gasteiger partial charge in [0.15, 0.2) is 0 Å². The number of nitrogens with one attached hydrogen (secondary N) is 1. The van der Waals surface area contributed by atoms with E-state index in [4.69, 9.17) is 10.5 Å². The van der Waals surface area contributed by atoms with E-state index in [1.165, 1.54) is 5.56 Å². The van der Waals surface area contributed by atoms with Crippen molar-refractivity contribution in [3.8, 4) is 22.9 Å². The van der Waals surface area contributed by atoms with Gasteiger partial charge in [-0.25, -0.2) is 4.98 Å². The molecule has 0 aliphatic carbocycles. The zero-order valence-corrected chi connectivity index (χ0v) is 14.3. The molecule has 3 rings (SSSR count). The maximum absolute atomic E-state index is 9.67. The van der Waals surface area contributed by atoms with Gasteiger partial charge in [0.2, 0.25) is 0 Å². The number of hydrogen-bond donors (Lipinski definition) is 2. The van der Waals surface area contributed by atoms with Crippen LogP contribution in [0.3, 0.4) is 0 Å². The van der Waals surface area contributed by atoms with Crippen LogP contribution in [-0.2, 0) is 13.0 Å². The molecule has 0 radical (unpaired) electrons. The monoisotopic (exact) mass is 322 g/mol. The van der Waals surface area contributed by atoms with Crippen LogP contribution in [0.1, 0.15) is 42.1 Å². The van der Waals surface area contributed by atoms with Crippen LogP contribution >= 0.6 is 0 Å². The van der Waals surface area contributed by atoms with Gasteiger partial charge in [0.25, 0.3) is 0 Å². The Labute approximate surface area is 142 Å². The number of nitrogen functional groups attached to an aromatic ring is 1. The molecule has 2 aromatic rings. The number of fused-ring (bicyclic) bond motifs is 1. The van der Waals surface area contributed by atoms with Crippen LogP contribution in [0.15, 0.2) is 18.2 Å². The molecule has 24 heavy (non-hydrogen) atoms. The molecule has 0 unspecified atom stereocenters. The van der Waals surface area contributed by atoms with E-state index in [-0.39, 0.29) is 0 Å². The number of rotatable bonds is 3. The lowest BCUT2D eigenvalue weighted by molar-refractivity contribution is 0.416. The highest BCUT2D eigenvalue weighted by Gasteiger charge is 2.24. The molecule has 0 spiro atoms. The highest BCUT2D eigenvalue weighted by Crippen LogP contribution is 2.40. The summed E-state index contributed by atoms with van der Waals surface area (Å²) in [6, 6.07) is 8.37. The SMILES string of the molecule is COc1ccc(C(C)C)cc1-c1c(C#N)c(N)nc2c1CNCC2.